The number of nitro groups is 1. The summed E-state index contributed by atoms with van der Waals surface area (Å²) in [6.07, 6.45) is 0. The van der Waals surface area contributed by atoms with E-state index in [0.717, 1.165) is 0 Å². The molecule has 0 heterocycles. The minimum atomic E-state index is -3.91. The van der Waals surface area contributed by atoms with Gasteiger partial charge in [-0.05, 0) is 30.3 Å². The van der Waals surface area contributed by atoms with Gasteiger partial charge in [0.05, 0.1) is 22.4 Å². The van der Waals surface area contributed by atoms with E-state index in [1.54, 1.807) is 48.5 Å². The lowest BCUT2D eigenvalue weighted by Crippen LogP contribution is -2.22. The van der Waals surface area contributed by atoms with Gasteiger partial charge in [-0.15, -0.1) is 0 Å². The molecule has 8 heteroatoms. The first-order chi connectivity index (χ1) is 12.5. The quantitative estimate of drug-likeness (QED) is 0.378. The molecule has 0 saturated carbocycles. The van der Waals surface area contributed by atoms with Gasteiger partial charge >= 0.3 is 7.67 Å². The largest absolute Gasteiger partial charge is 0.421 e. The van der Waals surface area contributed by atoms with Crippen molar-refractivity contribution in [3.05, 3.63) is 95.0 Å². The maximum atomic E-state index is 13.3. The van der Waals surface area contributed by atoms with Gasteiger partial charge in [0, 0.05) is 6.07 Å². The van der Waals surface area contributed by atoms with Crippen LogP contribution in [0.15, 0.2) is 84.9 Å². The van der Waals surface area contributed by atoms with Gasteiger partial charge in [-0.1, -0.05) is 42.5 Å². The van der Waals surface area contributed by atoms with E-state index in [2.05, 4.69) is 0 Å². The van der Waals surface area contributed by atoms with Crippen LogP contribution in [0.4, 0.5) is 17.1 Å². The zero-order chi connectivity index (χ0) is 18.6. The highest BCUT2D eigenvalue weighted by Crippen LogP contribution is 2.51. The van der Waals surface area contributed by atoms with Crippen LogP contribution < -0.4 is 14.7 Å². The third-order valence-corrected chi connectivity index (χ3v) is 5.04. The van der Waals surface area contributed by atoms with Gasteiger partial charge in [0.2, 0.25) is 0 Å². The zero-order valence-corrected chi connectivity index (χ0v) is 14.5. The van der Waals surface area contributed by atoms with Crippen molar-refractivity contribution in [2.24, 2.45) is 5.50 Å². The Morgan fingerprint density at radius 2 is 1.42 bits per heavy atom. The van der Waals surface area contributed by atoms with Crippen molar-refractivity contribution >= 4 is 24.7 Å². The van der Waals surface area contributed by atoms with E-state index in [9.17, 15) is 14.7 Å². The fourth-order valence-corrected chi connectivity index (χ4v) is 3.86. The number of anilines is 2. The Morgan fingerprint density at radius 1 is 0.885 bits per heavy atom. The molecule has 3 aromatic rings. The average molecular weight is 369 g/mol. The molecule has 2 N–H and O–H groups in total. The van der Waals surface area contributed by atoms with Crippen molar-refractivity contribution in [2.45, 2.75) is 0 Å². The van der Waals surface area contributed by atoms with Gasteiger partial charge in [0.1, 0.15) is 5.75 Å². The normalized spacial score (nSPS) is 12.8. The number of benzene rings is 3. The number of para-hydroxylation sites is 2. The summed E-state index contributed by atoms with van der Waals surface area (Å²) in [5.74, 6) is 0.0573. The third kappa shape index (κ3) is 3.91. The second-order valence-electron chi connectivity index (χ2n) is 5.39. The highest BCUT2D eigenvalue weighted by molar-refractivity contribution is 7.59. The molecule has 1 unspecified atom stereocenters. The van der Waals surface area contributed by atoms with Crippen molar-refractivity contribution < 1.29 is 14.0 Å². The standard InChI is InChI=1S/C18H16N3O4P/c19-26(24,25-18-13-7-12-17(14-18)21(22)23)20(15-8-3-1-4-9-15)16-10-5-2-6-11-16/h1-14H,(H2,19,24). The lowest BCUT2D eigenvalue weighted by atomic mass is 10.3. The van der Waals surface area contributed by atoms with E-state index in [4.69, 9.17) is 10.0 Å². The maximum Gasteiger partial charge on any atom is 0.421 e. The van der Waals surface area contributed by atoms with Crippen molar-refractivity contribution in [1.29, 1.82) is 0 Å². The van der Waals surface area contributed by atoms with Crippen LogP contribution in [0.3, 0.4) is 0 Å². The minimum Gasteiger partial charge on any atom is -0.418 e. The van der Waals surface area contributed by atoms with Gasteiger partial charge in [0.15, 0.2) is 0 Å². The number of nitrogens with two attached hydrogens (primary N) is 1. The highest BCUT2D eigenvalue weighted by atomic mass is 31.2. The second kappa shape index (κ2) is 7.39. The smallest absolute Gasteiger partial charge is 0.418 e. The Kier molecular flexibility index (Phi) is 5.02. The summed E-state index contributed by atoms with van der Waals surface area (Å²) in [6.45, 7) is 0. The number of hydrogen-bond donors (Lipinski definition) is 1. The van der Waals surface area contributed by atoms with E-state index >= 15 is 0 Å². The summed E-state index contributed by atoms with van der Waals surface area (Å²) < 4.78 is 20.2. The summed E-state index contributed by atoms with van der Waals surface area (Å²) >= 11 is 0. The summed E-state index contributed by atoms with van der Waals surface area (Å²) in [4.78, 5) is 10.4. The van der Waals surface area contributed by atoms with Crippen LogP contribution in [-0.2, 0) is 4.57 Å². The lowest BCUT2D eigenvalue weighted by molar-refractivity contribution is -0.384. The number of hydrogen-bond acceptors (Lipinski definition) is 4. The summed E-state index contributed by atoms with van der Waals surface area (Å²) in [5.41, 5.74) is 7.06. The summed E-state index contributed by atoms with van der Waals surface area (Å²) in [5, 5.41) is 10.9. The number of rotatable bonds is 6. The van der Waals surface area contributed by atoms with Gasteiger partial charge in [-0.2, -0.15) is 0 Å². The average Bonchev–Trinajstić information content (AvgIpc) is 2.63. The topological polar surface area (TPSA) is 98.7 Å². The SMILES string of the molecule is NP(=O)(Oc1cccc([N+](=O)[O-])c1)N(c1ccccc1)c1ccccc1. The highest BCUT2D eigenvalue weighted by Gasteiger charge is 2.31. The molecule has 0 spiro atoms. The van der Waals surface area contributed by atoms with Crippen LogP contribution in [0.2, 0.25) is 0 Å². The number of nitrogens with zero attached hydrogens (tertiary/aromatic N) is 2. The van der Waals surface area contributed by atoms with Crippen LogP contribution in [0.5, 0.6) is 5.75 Å². The zero-order valence-electron chi connectivity index (χ0n) is 13.6. The molecule has 7 nitrogen and oxygen atoms in total. The van der Waals surface area contributed by atoms with Crippen molar-refractivity contribution in [3.63, 3.8) is 0 Å². The van der Waals surface area contributed by atoms with Gasteiger partial charge in [-0.3, -0.25) is 10.1 Å². The fraction of sp³-hybridized carbons (Fsp3) is 0. The maximum absolute atomic E-state index is 13.3. The Balaban J connectivity index is 2.01. The van der Waals surface area contributed by atoms with Gasteiger partial charge in [0.25, 0.3) is 5.69 Å². The first kappa shape index (κ1) is 17.7. The van der Waals surface area contributed by atoms with E-state index in [0.29, 0.717) is 11.4 Å². The predicted molar refractivity (Wildman–Crippen MR) is 101 cm³/mol. The minimum absolute atomic E-state index is 0.0573. The first-order valence-electron chi connectivity index (χ1n) is 7.71. The van der Waals surface area contributed by atoms with Crippen LogP contribution in [0.25, 0.3) is 0 Å². The van der Waals surface area contributed by atoms with E-state index in [1.807, 2.05) is 12.1 Å². The van der Waals surface area contributed by atoms with E-state index in [-0.39, 0.29) is 11.4 Å². The van der Waals surface area contributed by atoms with Crippen molar-refractivity contribution in [2.75, 3.05) is 4.67 Å². The van der Waals surface area contributed by atoms with Gasteiger partial charge in [-0.25, -0.2) is 14.7 Å². The number of nitro benzene ring substituents is 1. The fourth-order valence-electron chi connectivity index (χ4n) is 2.46. The molecule has 0 bridgehead atoms. The van der Waals surface area contributed by atoms with Crippen LogP contribution >= 0.6 is 7.67 Å². The molecule has 3 aromatic carbocycles. The monoisotopic (exact) mass is 369 g/mol. The molecule has 0 aliphatic heterocycles. The van der Waals surface area contributed by atoms with Crippen LogP contribution in [-0.4, -0.2) is 4.92 Å². The van der Waals surface area contributed by atoms with E-state index in [1.165, 1.54) is 28.9 Å². The Hall–Kier alpha value is -3.15. The Bertz CT molecular complexity index is 911. The Labute approximate surface area is 150 Å². The molecule has 0 saturated heterocycles. The van der Waals surface area contributed by atoms with Crippen molar-refractivity contribution in [1.82, 2.24) is 0 Å². The molecular weight excluding hydrogens is 353 g/mol. The van der Waals surface area contributed by atoms with Crippen molar-refractivity contribution in [3.8, 4) is 5.75 Å². The van der Waals surface area contributed by atoms with Crippen LogP contribution in [0, 0.1) is 10.1 Å². The second-order valence-corrected chi connectivity index (χ2v) is 7.10. The Morgan fingerprint density at radius 3 is 1.92 bits per heavy atom. The van der Waals surface area contributed by atoms with Crippen LogP contribution in [0.1, 0.15) is 0 Å². The molecule has 0 aliphatic rings. The molecule has 3 rings (SSSR count). The molecule has 26 heavy (non-hydrogen) atoms. The molecule has 132 valence electrons. The molecular formula is C18H16N3O4P. The lowest BCUT2D eigenvalue weighted by Gasteiger charge is -2.29. The van der Waals surface area contributed by atoms with Gasteiger partial charge < -0.3 is 4.52 Å². The third-order valence-electron chi connectivity index (χ3n) is 3.54. The summed E-state index contributed by atoms with van der Waals surface area (Å²) in [7, 11) is -3.91. The van der Waals surface area contributed by atoms with E-state index < -0.39 is 12.6 Å². The molecule has 0 aliphatic carbocycles. The summed E-state index contributed by atoms with van der Waals surface area (Å²) in [6, 6.07) is 23.3. The predicted octanol–water partition coefficient (Wildman–Crippen LogP) is 4.88. The molecule has 0 amide bonds. The molecule has 0 fully saturated rings. The first-order valence-corrected chi connectivity index (χ1v) is 9.35. The number of non-ortho nitro benzene ring substituents is 1. The molecule has 0 aromatic heterocycles. The molecule has 0 radical (unpaired) electrons. The molecule has 1 atom stereocenters.